The third kappa shape index (κ3) is 6.20. The molecule has 7 unspecified atom stereocenters. The minimum absolute atomic E-state index is 0.0123. The van der Waals surface area contributed by atoms with Crippen molar-refractivity contribution < 1.29 is 33.8 Å². The van der Waals surface area contributed by atoms with Crippen molar-refractivity contribution in [2.24, 2.45) is 40.4 Å². The lowest BCUT2D eigenvalue weighted by atomic mass is 9.43. The molecule has 1 spiro atoms. The molecular formula is C46H53N3O7S2. The maximum atomic E-state index is 14.9. The average Bonchev–Trinajstić information content (AvgIpc) is 4.00. The van der Waals surface area contributed by atoms with Gasteiger partial charge in [0.1, 0.15) is 22.8 Å². The lowest BCUT2D eigenvalue weighted by Gasteiger charge is -2.57. The van der Waals surface area contributed by atoms with Crippen LogP contribution in [0.5, 0.6) is 0 Å². The van der Waals surface area contributed by atoms with Gasteiger partial charge in [0.15, 0.2) is 0 Å². The lowest BCUT2D eigenvalue weighted by molar-refractivity contribution is -0.137. The number of pyridine rings is 1. The summed E-state index contributed by atoms with van der Waals surface area (Å²) in [4.78, 5) is 61.8. The molecule has 2 amide bonds. The molecule has 4 fully saturated rings. The first-order valence-electron chi connectivity index (χ1n) is 21.8. The highest BCUT2D eigenvalue weighted by atomic mass is 33.1. The van der Waals surface area contributed by atoms with E-state index < -0.39 is 22.7 Å². The van der Waals surface area contributed by atoms with Crippen molar-refractivity contribution in [3.63, 3.8) is 0 Å². The zero-order valence-corrected chi connectivity index (χ0v) is 34.8. The smallest absolute Gasteiger partial charge is 0.340 e. The van der Waals surface area contributed by atoms with Gasteiger partial charge in [-0.2, -0.15) is 0 Å². The maximum Gasteiger partial charge on any atom is 0.340 e. The van der Waals surface area contributed by atoms with Crippen molar-refractivity contribution in [1.82, 2.24) is 9.88 Å². The molecule has 7 atom stereocenters. The number of carbonyl (C=O) groups excluding carboxylic acids is 4. The number of nitrogens with one attached hydrogen (secondary N) is 1. The molecule has 1 aromatic rings. The monoisotopic (exact) mass is 823 g/mol. The lowest BCUT2D eigenvalue weighted by Crippen LogP contribution is -2.53. The Morgan fingerprint density at radius 1 is 0.966 bits per heavy atom. The van der Waals surface area contributed by atoms with Crippen molar-refractivity contribution in [3.05, 3.63) is 82.0 Å². The molecule has 10 nitrogen and oxygen atoms in total. The Balaban J connectivity index is 1.18. The van der Waals surface area contributed by atoms with Crippen LogP contribution in [-0.4, -0.2) is 56.6 Å². The van der Waals surface area contributed by atoms with E-state index in [1.54, 1.807) is 17.0 Å². The standard InChI is InChI=1S/C46H53N3O7S2/c1-2-45(18-6-7-19-45)23-33-31-11-10-30-29-16-20-46(40(30)39(31)42(52)55-33)34-13-12-28(26-8-4-3-5-9-26)44(54)58-57-25-48-35-22-27(17-21-47-35)32(38(29)41(46)43(53)56-34)24-49-36(50)14-15-37(49)51/h13-15,17,21-23,26,28-30,32,40,44,54H,2-12,16,18-20,24-25H2,1H3,(H,47,48). The summed E-state index contributed by atoms with van der Waals surface area (Å²) < 4.78 is 12.9. The van der Waals surface area contributed by atoms with E-state index in [1.165, 1.54) is 47.1 Å². The number of anilines is 1. The van der Waals surface area contributed by atoms with Crippen LogP contribution in [0.15, 0.2) is 76.4 Å². The minimum Gasteiger partial charge on any atom is -0.427 e. The van der Waals surface area contributed by atoms with Crippen LogP contribution in [0.25, 0.3) is 0 Å². The van der Waals surface area contributed by atoms with Gasteiger partial charge < -0.3 is 19.9 Å². The summed E-state index contributed by atoms with van der Waals surface area (Å²) in [7, 11) is 3.03. The highest BCUT2D eigenvalue weighted by Crippen LogP contribution is 2.72. The number of aliphatic hydroxyl groups excluding tert-OH is 1. The molecule has 12 heteroatoms. The van der Waals surface area contributed by atoms with Gasteiger partial charge in [-0.1, -0.05) is 73.5 Å². The Hall–Kier alpha value is -3.61. The van der Waals surface area contributed by atoms with Crippen molar-refractivity contribution in [2.45, 2.75) is 115 Å². The van der Waals surface area contributed by atoms with Crippen molar-refractivity contribution in [2.75, 3.05) is 17.7 Å². The number of hydrogen-bond donors (Lipinski definition) is 2. The summed E-state index contributed by atoms with van der Waals surface area (Å²) in [5.74, 6) is 0.434. The zero-order chi connectivity index (χ0) is 39.8. The third-order valence-electron chi connectivity index (χ3n) is 15.6. The maximum absolute atomic E-state index is 14.9. The molecule has 58 heavy (non-hydrogen) atoms. The fourth-order valence-corrected chi connectivity index (χ4v) is 15.0. The van der Waals surface area contributed by atoms with E-state index >= 15 is 0 Å². The molecule has 2 N–H and O–H groups in total. The van der Waals surface area contributed by atoms with Crippen molar-refractivity contribution >= 4 is 51.2 Å². The highest BCUT2D eigenvalue weighted by Gasteiger charge is 2.69. The highest BCUT2D eigenvalue weighted by molar-refractivity contribution is 8.76. The topological polar surface area (TPSA) is 135 Å². The second-order valence-electron chi connectivity index (χ2n) is 18.2. The number of allylic oxidation sites excluding steroid dienone is 4. The number of ether oxygens (including phenoxy) is 2. The number of hydrogen-bond acceptors (Lipinski definition) is 11. The average molecular weight is 824 g/mol. The summed E-state index contributed by atoms with van der Waals surface area (Å²) in [6.45, 7) is 2.31. The van der Waals surface area contributed by atoms with Gasteiger partial charge in [0.25, 0.3) is 11.8 Å². The summed E-state index contributed by atoms with van der Waals surface area (Å²) in [5, 5.41) is 15.3. The molecule has 3 saturated carbocycles. The molecule has 306 valence electrons. The van der Waals surface area contributed by atoms with Gasteiger partial charge in [-0.15, -0.1) is 0 Å². The van der Waals surface area contributed by atoms with Crippen LogP contribution in [0.2, 0.25) is 0 Å². The molecule has 0 aromatic carbocycles. The van der Waals surface area contributed by atoms with Gasteiger partial charge in [0.05, 0.1) is 16.9 Å². The van der Waals surface area contributed by atoms with E-state index in [4.69, 9.17) is 9.47 Å². The fourth-order valence-electron chi connectivity index (χ4n) is 12.9. The molecular weight excluding hydrogens is 771 g/mol. The number of nitrogens with zero attached hydrogens (tertiary/aromatic N) is 2. The largest absolute Gasteiger partial charge is 0.427 e. The second kappa shape index (κ2) is 15.1. The fraction of sp³-hybridized carbons (Fsp3) is 0.587. The SMILES string of the molecule is CCC1(C=C2OC(=O)C3=C2CCC2C4CCC5(C6=CCC(C7CCCCC7)C(O)SSCNc7cc(ccn7)C(CN7C(=O)C=CC7=O)C4=C5C(=O)O6)C32)CCCC1. The quantitative estimate of drug-likeness (QED) is 0.168. The molecule has 0 radical (unpaired) electrons. The van der Waals surface area contributed by atoms with Crippen LogP contribution in [-0.2, 0) is 28.7 Å². The molecule has 10 aliphatic rings. The van der Waals surface area contributed by atoms with Crippen LogP contribution in [0.3, 0.4) is 0 Å². The van der Waals surface area contributed by atoms with Gasteiger partial charge in [0.2, 0.25) is 0 Å². The molecule has 1 aromatic heterocycles. The molecule has 6 aliphatic carbocycles. The summed E-state index contributed by atoms with van der Waals surface area (Å²) >= 11 is 0. The van der Waals surface area contributed by atoms with Crippen molar-refractivity contribution in [3.8, 4) is 0 Å². The summed E-state index contributed by atoms with van der Waals surface area (Å²) in [5.41, 5.74) is 2.53. The first kappa shape index (κ1) is 38.6. The van der Waals surface area contributed by atoms with Crippen LogP contribution in [0, 0.1) is 40.4 Å². The number of cyclic esters (lactones) is 1. The van der Waals surface area contributed by atoms with Crippen LogP contribution >= 0.6 is 21.6 Å². The van der Waals surface area contributed by atoms with Gasteiger partial charge in [0, 0.05) is 53.8 Å². The molecule has 4 aliphatic heterocycles. The second-order valence-corrected chi connectivity index (χ2v) is 20.7. The number of aliphatic hydroxyl groups is 1. The van der Waals surface area contributed by atoms with Crippen molar-refractivity contribution in [1.29, 1.82) is 0 Å². The van der Waals surface area contributed by atoms with Gasteiger partial charge in [-0.3, -0.25) is 14.5 Å². The number of fused-ring (bicyclic) bond motifs is 3. The molecule has 11 rings (SSSR count). The number of imide groups is 1. The Kier molecular flexibility index (Phi) is 10.1. The molecule has 7 bridgehead atoms. The van der Waals surface area contributed by atoms with E-state index in [9.17, 15) is 24.3 Å². The molecule has 5 heterocycles. The van der Waals surface area contributed by atoms with Gasteiger partial charge in [-0.05, 0) is 110 Å². The molecule has 1 saturated heterocycles. The predicted molar refractivity (Wildman–Crippen MR) is 222 cm³/mol. The van der Waals surface area contributed by atoms with E-state index in [-0.39, 0.29) is 53.4 Å². The van der Waals surface area contributed by atoms with E-state index in [0.29, 0.717) is 53.8 Å². The van der Waals surface area contributed by atoms with E-state index in [0.717, 1.165) is 80.3 Å². The van der Waals surface area contributed by atoms with Gasteiger partial charge >= 0.3 is 11.9 Å². The normalized spacial score (nSPS) is 35.3. The summed E-state index contributed by atoms with van der Waals surface area (Å²) in [6.07, 6.45) is 23.4. The number of amides is 2. The Morgan fingerprint density at radius 3 is 2.53 bits per heavy atom. The first-order chi connectivity index (χ1) is 28.2. The number of esters is 2. The predicted octanol–water partition coefficient (Wildman–Crippen LogP) is 8.64. The Morgan fingerprint density at radius 2 is 1.76 bits per heavy atom. The minimum atomic E-state index is -0.929. The third-order valence-corrected chi connectivity index (χ3v) is 17.9. The van der Waals surface area contributed by atoms with E-state index in [1.807, 2.05) is 12.1 Å². The van der Waals surface area contributed by atoms with Crippen LogP contribution in [0.1, 0.15) is 115 Å². The van der Waals surface area contributed by atoms with Crippen LogP contribution in [0.4, 0.5) is 5.82 Å². The summed E-state index contributed by atoms with van der Waals surface area (Å²) in [6, 6.07) is 3.90. The van der Waals surface area contributed by atoms with E-state index in [2.05, 4.69) is 29.4 Å². The Bertz CT molecular complexity index is 2080. The number of carbonyl (C=O) groups is 4. The number of rotatable bonds is 5. The number of aromatic nitrogens is 1. The van der Waals surface area contributed by atoms with Crippen LogP contribution < -0.4 is 5.32 Å². The zero-order valence-electron chi connectivity index (χ0n) is 33.2. The first-order valence-corrected chi connectivity index (χ1v) is 24.1. The van der Waals surface area contributed by atoms with Gasteiger partial charge in [-0.25, -0.2) is 14.6 Å². The Labute approximate surface area is 348 Å².